The Labute approximate surface area is 129 Å². The molecule has 0 spiro atoms. The van der Waals surface area contributed by atoms with Gasteiger partial charge in [0.2, 0.25) is 0 Å². The minimum Gasteiger partial charge on any atom is -0.457 e. The van der Waals surface area contributed by atoms with Crippen molar-refractivity contribution >= 4 is 37.8 Å². The van der Waals surface area contributed by atoms with Crippen molar-refractivity contribution in [2.24, 2.45) is 0 Å². The van der Waals surface area contributed by atoms with E-state index in [1.807, 2.05) is 43.3 Å². The van der Waals surface area contributed by atoms with Crippen LogP contribution in [0.5, 0.6) is 0 Å². The predicted octanol–water partition coefficient (Wildman–Crippen LogP) is 4.88. The maximum Gasteiger partial charge on any atom is 0.338 e. The van der Waals surface area contributed by atoms with Crippen LogP contribution >= 0.6 is 31.9 Å². The summed E-state index contributed by atoms with van der Waals surface area (Å²) in [5, 5.41) is 0. The van der Waals surface area contributed by atoms with Gasteiger partial charge >= 0.3 is 5.97 Å². The highest BCUT2D eigenvalue weighted by Gasteiger charge is 2.11. The zero-order valence-corrected chi connectivity index (χ0v) is 13.5. The number of hydrogen-bond donors (Lipinski definition) is 0. The van der Waals surface area contributed by atoms with Crippen molar-refractivity contribution in [3.8, 4) is 0 Å². The summed E-state index contributed by atoms with van der Waals surface area (Å²) < 4.78 is 7.09. The molecule has 0 aromatic heterocycles. The number of benzene rings is 2. The lowest BCUT2D eigenvalue weighted by Crippen LogP contribution is -2.05. The zero-order chi connectivity index (χ0) is 13.8. The van der Waals surface area contributed by atoms with Gasteiger partial charge in [-0.2, -0.15) is 0 Å². The Bertz CT molecular complexity index is 571. The summed E-state index contributed by atoms with van der Waals surface area (Å²) in [5.74, 6) is -0.319. The molecule has 0 atom stereocenters. The van der Waals surface area contributed by atoms with E-state index in [0.29, 0.717) is 5.56 Å². The smallest absolute Gasteiger partial charge is 0.338 e. The number of ether oxygens (including phenoxy) is 1. The van der Waals surface area contributed by atoms with Crippen LogP contribution in [0.25, 0.3) is 0 Å². The summed E-state index contributed by atoms with van der Waals surface area (Å²) in [6.45, 7) is 2.22. The van der Waals surface area contributed by atoms with Crippen molar-refractivity contribution in [1.82, 2.24) is 0 Å². The second-order valence-electron chi connectivity index (χ2n) is 4.15. The van der Waals surface area contributed by atoms with Crippen LogP contribution < -0.4 is 0 Å². The third-order valence-corrected chi connectivity index (χ3v) is 4.87. The highest BCUT2D eigenvalue weighted by molar-refractivity contribution is 9.13. The average molecular weight is 384 g/mol. The molecule has 0 aliphatic heterocycles. The number of esters is 1. The third kappa shape index (κ3) is 3.67. The van der Waals surface area contributed by atoms with Gasteiger partial charge in [0.15, 0.2) is 0 Å². The SMILES string of the molecule is Cc1cc(C(=O)OCc2ccccc2)cc(Br)c1Br. The van der Waals surface area contributed by atoms with Crippen LogP contribution in [0.2, 0.25) is 0 Å². The molecule has 98 valence electrons. The Morgan fingerprint density at radius 3 is 2.47 bits per heavy atom. The highest BCUT2D eigenvalue weighted by Crippen LogP contribution is 2.28. The molecule has 0 aliphatic rings. The first-order chi connectivity index (χ1) is 9.08. The maximum atomic E-state index is 12.0. The molecule has 0 saturated carbocycles. The average Bonchev–Trinajstić information content (AvgIpc) is 2.42. The number of hydrogen-bond acceptors (Lipinski definition) is 2. The normalized spacial score (nSPS) is 10.3. The summed E-state index contributed by atoms with van der Waals surface area (Å²) in [7, 11) is 0. The van der Waals surface area contributed by atoms with Gasteiger partial charge in [-0.25, -0.2) is 4.79 Å². The lowest BCUT2D eigenvalue weighted by Gasteiger charge is -2.08. The summed E-state index contributed by atoms with van der Waals surface area (Å²) in [5.41, 5.74) is 2.51. The number of carbonyl (C=O) groups excluding carboxylic acids is 1. The fourth-order valence-corrected chi connectivity index (χ4v) is 2.44. The monoisotopic (exact) mass is 382 g/mol. The maximum absolute atomic E-state index is 12.0. The van der Waals surface area contributed by atoms with Gasteiger partial charge in [-0.1, -0.05) is 30.3 Å². The quantitative estimate of drug-likeness (QED) is 0.706. The molecule has 0 saturated heterocycles. The molecular formula is C15H12Br2O2. The first-order valence-electron chi connectivity index (χ1n) is 5.74. The van der Waals surface area contributed by atoms with Crippen LogP contribution in [0, 0.1) is 6.92 Å². The van der Waals surface area contributed by atoms with Crippen LogP contribution in [0.3, 0.4) is 0 Å². The summed E-state index contributed by atoms with van der Waals surface area (Å²) in [6.07, 6.45) is 0. The van der Waals surface area contributed by atoms with Crippen LogP contribution in [-0.2, 0) is 11.3 Å². The van der Waals surface area contributed by atoms with Crippen LogP contribution in [0.1, 0.15) is 21.5 Å². The fourth-order valence-electron chi connectivity index (χ4n) is 1.65. The van der Waals surface area contributed by atoms with Gasteiger partial charge < -0.3 is 4.74 Å². The molecule has 2 nitrogen and oxygen atoms in total. The van der Waals surface area contributed by atoms with Crippen LogP contribution in [0.4, 0.5) is 0 Å². The number of carbonyl (C=O) groups is 1. The molecule has 0 radical (unpaired) electrons. The molecular weight excluding hydrogens is 372 g/mol. The van der Waals surface area contributed by atoms with E-state index in [4.69, 9.17) is 4.74 Å². The topological polar surface area (TPSA) is 26.3 Å². The van der Waals surface area contributed by atoms with E-state index in [9.17, 15) is 4.79 Å². The second-order valence-corrected chi connectivity index (χ2v) is 5.80. The molecule has 2 aromatic rings. The van der Waals surface area contributed by atoms with Gasteiger partial charge in [0.25, 0.3) is 0 Å². The summed E-state index contributed by atoms with van der Waals surface area (Å²) >= 11 is 6.85. The van der Waals surface area contributed by atoms with Crippen molar-refractivity contribution in [3.05, 3.63) is 68.1 Å². The highest BCUT2D eigenvalue weighted by atomic mass is 79.9. The van der Waals surface area contributed by atoms with Crippen molar-refractivity contribution in [1.29, 1.82) is 0 Å². The minimum atomic E-state index is -0.319. The predicted molar refractivity (Wildman–Crippen MR) is 82.1 cm³/mol. The molecule has 4 heteroatoms. The van der Waals surface area contributed by atoms with E-state index in [1.54, 1.807) is 6.07 Å². The van der Waals surface area contributed by atoms with Crippen molar-refractivity contribution in [3.63, 3.8) is 0 Å². The van der Waals surface area contributed by atoms with Crippen LogP contribution in [-0.4, -0.2) is 5.97 Å². The molecule has 0 heterocycles. The number of rotatable bonds is 3. The molecule has 0 N–H and O–H groups in total. The van der Waals surface area contributed by atoms with Gasteiger partial charge in [-0.3, -0.25) is 0 Å². The first-order valence-corrected chi connectivity index (χ1v) is 7.33. The first kappa shape index (κ1) is 14.3. The van der Waals surface area contributed by atoms with E-state index in [1.165, 1.54) is 0 Å². The number of aryl methyl sites for hydroxylation is 1. The molecule has 0 bridgehead atoms. The summed E-state index contributed by atoms with van der Waals surface area (Å²) in [4.78, 5) is 12.0. The van der Waals surface area contributed by atoms with Gasteiger partial charge in [0.05, 0.1) is 5.56 Å². The number of halogens is 2. The fraction of sp³-hybridized carbons (Fsp3) is 0.133. The zero-order valence-electron chi connectivity index (χ0n) is 10.3. The van der Waals surface area contributed by atoms with Crippen molar-refractivity contribution in [2.75, 3.05) is 0 Å². The molecule has 2 aromatic carbocycles. The Morgan fingerprint density at radius 2 is 1.84 bits per heavy atom. The Hall–Kier alpha value is -1.13. The van der Waals surface area contributed by atoms with Gasteiger partial charge in [-0.15, -0.1) is 0 Å². The molecule has 19 heavy (non-hydrogen) atoms. The lowest BCUT2D eigenvalue weighted by atomic mass is 10.1. The molecule has 0 fully saturated rings. The van der Waals surface area contributed by atoms with E-state index < -0.39 is 0 Å². The third-order valence-electron chi connectivity index (χ3n) is 2.66. The van der Waals surface area contributed by atoms with Crippen LogP contribution in [0.15, 0.2) is 51.4 Å². The Kier molecular flexibility index (Phi) is 4.77. The van der Waals surface area contributed by atoms with Gasteiger partial charge in [0.1, 0.15) is 6.61 Å². The molecule has 2 rings (SSSR count). The lowest BCUT2D eigenvalue weighted by molar-refractivity contribution is 0.0472. The Morgan fingerprint density at radius 1 is 1.16 bits per heavy atom. The van der Waals surface area contributed by atoms with Crippen molar-refractivity contribution < 1.29 is 9.53 Å². The molecule has 0 unspecified atom stereocenters. The van der Waals surface area contributed by atoms with E-state index in [-0.39, 0.29) is 12.6 Å². The van der Waals surface area contributed by atoms with E-state index >= 15 is 0 Å². The van der Waals surface area contributed by atoms with Gasteiger partial charge in [0, 0.05) is 8.95 Å². The summed E-state index contributed by atoms with van der Waals surface area (Å²) in [6, 6.07) is 13.2. The van der Waals surface area contributed by atoms with E-state index in [2.05, 4.69) is 31.9 Å². The van der Waals surface area contributed by atoms with Gasteiger partial charge in [-0.05, 0) is 62.0 Å². The van der Waals surface area contributed by atoms with E-state index in [0.717, 1.165) is 20.1 Å². The molecule has 0 amide bonds. The standard InChI is InChI=1S/C15H12Br2O2/c1-10-7-12(8-13(16)14(10)17)15(18)19-9-11-5-3-2-4-6-11/h2-8H,9H2,1H3. The largest absolute Gasteiger partial charge is 0.457 e. The van der Waals surface area contributed by atoms with Crippen molar-refractivity contribution in [2.45, 2.75) is 13.5 Å². The molecule has 0 aliphatic carbocycles. The minimum absolute atomic E-state index is 0.284. The second kappa shape index (κ2) is 6.35. The Balaban J connectivity index is 2.08.